The molecule has 1 atom stereocenters. The summed E-state index contributed by atoms with van der Waals surface area (Å²) in [5, 5.41) is 10.9. The van der Waals surface area contributed by atoms with E-state index >= 15 is 0 Å². The summed E-state index contributed by atoms with van der Waals surface area (Å²) >= 11 is 0. The minimum absolute atomic E-state index is 0.0316. The second-order valence-electron chi connectivity index (χ2n) is 5.09. The molecule has 0 aliphatic rings. The summed E-state index contributed by atoms with van der Waals surface area (Å²) in [4.78, 5) is 16.2. The van der Waals surface area contributed by atoms with Gasteiger partial charge in [-0.1, -0.05) is 19.0 Å². The first-order valence-electron chi connectivity index (χ1n) is 6.59. The molecule has 0 spiro atoms. The quantitative estimate of drug-likeness (QED) is 0.898. The Labute approximate surface area is 117 Å². The Kier molecular flexibility index (Phi) is 4.16. The van der Waals surface area contributed by atoms with E-state index in [2.05, 4.69) is 20.6 Å². The van der Waals surface area contributed by atoms with Crippen LogP contribution >= 0.6 is 0 Å². The molecule has 0 aliphatic carbocycles. The molecule has 0 aliphatic heterocycles. The van der Waals surface area contributed by atoms with Crippen molar-refractivity contribution in [3.8, 4) is 0 Å². The van der Waals surface area contributed by atoms with Gasteiger partial charge in [0.25, 0.3) is 5.91 Å². The monoisotopic (exact) mass is 277 g/mol. The molecule has 2 aromatic rings. The Bertz CT molecular complexity index is 574. The molecule has 0 aromatic carbocycles. The van der Waals surface area contributed by atoms with Gasteiger partial charge < -0.3 is 9.84 Å². The number of carbonyl (C=O) groups excluding carboxylic acids is 1. The number of amides is 1. The van der Waals surface area contributed by atoms with E-state index in [0.29, 0.717) is 23.6 Å². The first kappa shape index (κ1) is 14.2. The molecule has 0 bridgehead atoms. The van der Waals surface area contributed by atoms with Crippen molar-refractivity contribution in [1.82, 2.24) is 25.2 Å². The fourth-order valence-electron chi connectivity index (χ4n) is 1.93. The number of nitrogens with one attached hydrogen (secondary N) is 1. The average Bonchev–Trinajstić information content (AvgIpc) is 3.04. The molecule has 2 rings (SSSR count). The Balaban J connectivity index is 2.04. The molecule has 20 heavy (non-hydrogen) atoms. The van der Waals surface area contributed by atoms with Gasteiger partial charge in [-0.25, -0.2) is 9.67 Å². The predicted octanol–water partition coefficient (Wildman–Crippen LogP) is 1.69. The Morgan fingerprint density at radius 2 is 2.20 bits per heavy atom. The summed E-state index contributed by atoms with van der Waals surface area (Å²) in [6, 6.07) is 0.0316. The third-order valence-corrected chi connectivity index (χ3v) is 3.11. The number of aryl methyl sites for hydroxylation is 1. The fraction of sp³-hybridized carbons (Fsp3) is 0.538. The third-order valence-electron chi connectivity index (χ3n) is 3.11. The van der Waals surface area contributed by atoms with Gasteiger partial charge in [-0.05, 0) is 19.8 Å². The van der Waals surface area contributed by atoms with Crippen LogP contribution in [0.2, 0.25) is 0 Å². The van der Waals surface area contributed by atoms with Crippen LogP contribution in [0.1, 0.15) is 54.5 Å². The van der Waals surface area contributed by atoms with E-state index in [0.717, 1.165) is 0 Å². The number of hydrogen-bond acceptors (Lipinski definition) is 5. The van der Waals surface area contributed by atoms with Crippen LogP contribution in [0.25, 0.3) is 0 Å². The summed E-state index contributed by atoms with van der Waals surface area (Å²) in [7, 11) is 0. The Morgan fingerprint density at radius 3 is 2.80 bits per heavy atom. The van der Waals surface area contributed by atoms with Crippen LogP contribution in [0.15, 0.2) is 17.2 Å². The van der Waals surface area contributed by atoms with Crippen molar-refractivity contribution in [2.75, 3.05) is 6.54 Å². The SMILES string of the molecule is Cc1onc(C(C)C)c1C(=O)NCC(C)n1cncn1. The van der Waals surface area contributed by atoms with Gasteiger partial charge in [0.05, 0.1) is 11.7 Å². The molecule has 108 valence electrons. The van der Waals surface area contributed by atoms with Gasteiger partial charge in [-0.15, -0.1) is 0 Å². The zero-order chi connectivity index (χ0) is 14.7. The van der Waals surface area contributed by atoms with Crippen molar-refractivity contribution >= 4 is 5.91 Å². The largest absolute Gasteiger partial charge is 0.361 e. The molecule has 7 nitrogen and oxygen atoms in total. The zero-order valence-corrected chi connectivity index (χ0v) is 12.1. The van der Waals surface area contributed by atoms with E-state index in [9.17, 15) is 4.79 Å². The highest BCUT2D eigenvalue weighted by Crippen LogP contribution is 2.21. The highest BCUT2D eigenvalue weighted by Gasteiger charge is 2.22. The Morgan fingerprint density at radius 1 is 1.45 bits per heavy atom. The van der Waals surface area contributed by atoms with E-state index in [1.165, 1.54) is 6.33 Å². The number of hydrogen-bond donors (Lipinski definition) is 1. The van der Waals surface area contributed by atoms with Gasteiger partial charge in [0, 0.05) is 6.54 Å². The molecule has 0 saturated carbocycles. The molecular weight excluding hydrogens is 258 g/mol. The van der Waals surface area contributed by atoms with Crippen molar-refractivity contribution in [2.24, 2.45) is 0 Å². The van der Waals surface area contributed by atoms with Crippen LogP contribution in [-0.4, -0.2) is 32.4 Å². The van der Waals surface area contributed by atoms with Crippen molar-refractivity contribution in [1.29, 1.82) is 0 Å². The third kappa shape index (κ3) is 2.87. The molecule has 2 heterocycles. The Hall–Kier alpha value is -2.18. The van der Waals surface area contributed by atoms with Crippen molar-refractivity contribution in [2.45, 2.75) is 39.7 Å². The van der Waals surface area contributed by atoms with E-state index < -0.39 is 0 Å². The zero-order valence-electron chi connectivity index (χ0n) is 12.1. The minimum atomic E-state index is -0.167. The topological polar surface area (TPSA) is 85.8 Å². The molecule has 7 heteroatoms. The lowest BCUT2D eigenvalue weighted by molar-refractivity contribution is 0.0945. The summed E-state index contributed by atoms with van der Waals surface area (Å²) in [6.07, 6.45) is 3.10. The highest BCUT2D eigenvalue weighted by molar-refractivity contribution is 5.96. The number of nitrogens with zero attached hydrogens (tertiary/aromatic N) is 4. The van der Waals surface area contributed by atoms with E-state index in [4.69, 9.17) is 4.52 Å². The molecule has 0 radical (unpaired) electrons. The van der Waals surface area contributed by atoms with Crippen LogP contribution in [0, 0.1) is 6.92 Å². The fourth-order valence-corrected chi connectivity index (χ4v) is 1.93. The molecular formula is C13H19N5O2. The van der Waals surface area contributed by atoms with Gasteiger partial charge in [0.1, 0.15) is 24.0 Å². The van der Waals surface area contributed by atoms with Gasteiger partial charge >= 0.3 is 0 Å². The number of rotatable bonds is 5. The van der Waals surface area contributed by atoms with Crippen molar-refractivity contribution in [3.63, 3.8) is 0 Å². The van der Waals surface area contributed by atoms with Crippen molar-refractivity contribution in [3.05, 3.63) is 29.7 Å². The van der Waals surface area contributed by atoms with Crippen LogP contribution < -0.4 is 5.32 Å². The molecule has 0 fully saturated rings. The molecule has 0 saturated heterocycles. The summed E-state index contributed by atoms with van der Waals surface area (Å²) in [6.45, 7) is 8.12. The van der Waals surface area contributed by atoms with Crippen LogP contribution in [-0.2, 0) is 0 Å². The molecule has 1 unspecified atom stereocenters. The van der Waals surface area contributed by atoms with Crippen LogP contribution in [0.3, 0.4) is 0 Å². The van der Waals surface area contributed by atoms with E-state index in [1.807, 2.05) is 20.8 Å². The highest BCUT2D eigenvalue weighted by atomic mass is 16.5. The predicted molar refractivity (Wildman–Crippen MR) is 72.4 cm³/mol. The van der Waals surface area contributed by atoms with Gasteiger partial charge in [0.2, 0.25) is 0 Å². The maximum absolute atomic E-state index is 12.3. The number of aromatic nitrogens is 4. The standard InChI is InChI=1S/C13H19N5O2/c1-8(2)12-11(10(4)20-17-12)13(19)15-5-9(3)18-7-14-6-16-18/h6-9H,5H2,1-4H3,(H,15,19). The second kappa shape index (κ2) is 5.85. The molecule has 1 amide bonds. The van der Waals surface area contributed by atoms with E-state index in [-0.39, 0.29) is 17.9 Å². The lowest BCUT2D eigenvalue weighted by Gasteiger charge is -2.13. The van der Waals surface area contributed by atoms with E-state index in [1.54, 1.807) is 17.9 Å². The number of carbonyl (C=O) groups is 1. The first-order valence-corrected chi connectivity index (χ1v) is 6.59. The summed E-state index contributed by atoms with van der Waals surface area (Å²) in [5.41, 5.74) is 1.22. The smallest absolute Gasteiger partial charge is 0.256 e. The van der Waals surface area contributed by atoms with Gasteiger partial charge in [-0.2, -0.15) is 5.10 Å². The average molecular weight is 277 g/mol. The van der Waals surface area contributed by atoms with Crippen LogP contribution in [0.5, 0.6) is 0 Å². The normalized spacial score (nSPS) is 12.7. The van der Waals surface area contributed by atoms with Crippen molar-refractivity contribution < 1.29 is 9.32 Å². The lowest BCUT2D eigenvalue weighted by Crippen LogP contribution is -2.30. The second-order valence-corrected chi connectivity index (χ2v) is 5.09. The lowest BCUT2D eigenvalue weighted by atomic mass is 10.0. The summed E-state index contributed by atoms with van der Waals surface area (Å²) < 4.78 is 6.82. The first-order chi connectivity index (χ1) is 9.50. The summed E-state index contributed by atoms with van der Waals surface area (Å²) in [5.74, 6) is 0.514. The van der Waals surface area contributed by atoms with Gasteiger partial charge in [-0.3, -0.25) is 4.79 Å². The molecule has 1 N–H and O–H groups in total. The molecule has 2 aromatic heterocycles. The van der Waals surface area contributed by atoms with Gasteiger partial charge in [0.15, 0.2) is 0 Å². The maximum Gasteiger partial charge on any atom is 0.256 e. The van der Waals surface area contributed by atoms with Crippen LogP contribution in [0.4, 0.5) is 0 Å². The minimum Gasteiger partial charge on any atom is -0.361 e. The maximum atomic E-state index is 12.3.